The van der Waals surface area contributed by atoms with Crippen LogP contribution in [0.15, 0.2) is 12.1 Å². The standard InChI is InChI=1S/C14H24BNO2/c1-18-11-14(17)16-10-4-9-15-12-5-2-6-13(15)8-3-7-12/h4,9,12-13H,2-3,5-8,10-11H2,1H3,(H,16,17)/b9-4+. The van der Waals surface area contributed by atoms with Gasteiger partial charge >= 0.3 is 0 Å². The van der Waals surface area contributed by atoms with Gasteiger partial charge in [-0.15, -0.1) is 5.98 Å². The maximum atomic E-state index is 11.2. The second-order valence-corrected chi connectivity index (χ2v) is 5.62. The van der Waals surface area contributed by atoms with Gasteiger partial charge in [0.1, 0.15) is 6.61 Å². The van der Waals surface area contributed by atoms with Crippen LogP contribution in [0.2, 0.25) is 11.6 Å². The Morgan fingerprint density at radius 3 is 2.44 bits per heavy atom. The summed E-state index contributed by atoms with van der Waals surface area (Å²) in [7, 11) is 1.54. The molecule has 0 atom stereocenters. The van der Waals surface area contributed by atoms with E-state index in [4.69, 9.17) is 4.74 Å². The first-order chi connectivity index (χ1) is 8.81. The fourth-order valence-corrected chi connectivity index (χ4v) is 3.62. The zero-order valence-electron chi connectivity index (χ0n) is 11.4. The lowest BCUT2D eigenvalue weighted by Gasteiger charge is -2.39. The van der Waals surface area contributed by atoms with Crippen molar-refractivity contribution < 1.29 is 9.53 Å². The Morgan fingerprint density at radius 2 is 1.89 bits per heavy atom. The van der Waals surface area contributed by atoms with Crippen molar-refractivity contribution in [3.05, 3.63) is 12.1 Å². The third-order valence-electron chi connectivity index (χ3n) is 4.44. The maximum Gasteiger partial charge on any atom is 0.246 e. The topological polar surface area (TPSA) is 38.3 Å². The molecule has 3 nitrogen and oxygen atoms in total. The molecule has 0 saturated carbocycles. The maximum absolute atomic E-state index is 11.2. The lowest BCUT2D eigenvalue weighted by atomic mass is 9.27. The Balaban J connectivity index is 1.76. The zero-order chi connectivity index (χ0) is 12.8. The van der Waals surface area contributed by atoms with Crippen LogP contribution >= 0.6 is 0 Å². The van der Waals surface area contributed by atoms with E-state index < -0.39 is 0 Å². The second kappa shape index (κ2) is 6.98. The Labute approximate surface area is 110 Å². The SMILES string of the molecule is COCC(=O)NC/C=C/B1C2CCCC1CCC2. The molecule has 100 valence electrons. The molecule has 2 aliphatic heterocycles. The lowest BCUT2D eigenvalue weighted by Crippen LogP contribution is -2.33. The van der Waals surface area contributed by atoms with Crippen molar-refractivity contribution in [2.45, 2.75) is 50.2 Å². The summed E-state index contributed by atoms with van der Waals surface area (Å²) in [6, 6.07) is 0. The van der Waals surface area contributed by atoms with Gasteiger partial charge in [-0.1, -0.05) is 56.2 Å². The summed E-state index contributed by atoms with van der Waals surface area (Å²) < 4.78 is 4.78. The molecule has 2 saturated heterocycles. The highest BCUT2D eigenvalue weighted by Gasteiger charge is 2.36. The number of carbonyl (C=O) groups is 1. The minimum absolute atomic E-state index is 0.0361. The van der Waals surface area contributed by atoms with Crippen molar-refractivity contribution >= 4 is 12.6 Å². The molecular weight excluding hydrogens is 225 g/mol. The molecule has 0 aromatic heterocycles. The van der Waals surface area contributed by atoms with Crippen LogP contribution in [0.1, 0.15) is 38.5 Å². The summed E-state index contributed by atoms with van der Waals surface area (Å²) in [5.41, 5.74) is 0. The number of fused-ring (bicyclic) bond motifs is 2. The Bertz CT molecular complexity index is 284. The molecule has 2 rings (SSSR count). The van der Waals surface area contributed by atoms with Crippen LogP contribution in [-0.4, -0.2) is 32.9 Å². The van der Waals surface area contributed by atoms with E-state index in [0.29, 0.717) is 6.54 Å². The predicted molar refractivity (Wildman–Crippen MR) is 75.0 cm³/mol. The van der Waals surface area contributed by atoms with Gasteiger partial charge in [0.25, 0.3) is 0 Å². The highest BCUT2D eigenvalue weighted by atomic mass is 16.5. The molecule has 2 bridgehead atoms. The monoisotopic (exact) mass is 249 g/mol. The molecule has 0 aromatic carbocycles. The van der Waals surface area contributed by atoms with Crippen molar-refractivity contribution in [2.75, 3.05) is 20.3 Å². The van der Waals surface area contributed by atoms with E-state index in [1.165, 1.54) is 38.5 Å². The molecule has 1 amide bonds. The van der Waals surface area contributed by atoms with Gasteiger partial charge in [0.05, 0.1) is 0 Å². The average molecular weight is 249 g/mol. The fourth-order valence-electron chi connectivity index (χ4n) is 3.62. The van der Waals surface area contributed by atoms with Gasteiger partial charge in [-0.3, -0.25) is 4.79 Å². The minimum Gasteiger partial charge on any atom is -0.375 e. The quantitative estimate of drug-likeness (QED) is 0.760. The van der Waals surface area contributed by atoms with Gasteiger partial charge in [-0.2, -0.15) is 0 Å². The van der Waals surface area contributed by atoms with Crippen molar-refractivity contribution in [1.82, 2.24) is 5.32 Å². The zero-order valence-corrected chi connectivity index (χ0v) is 11.4. The van der Waals surface area contributed by atoms with Crippen LogP contribution in [0.25, 0.3) is 0 Å². The third-order valence-corrected chi connectivity index (χ3v) is 4.44. The first-order valence-electron chi connectivity index (χ1n) is 7.23. The molecule has 0 radical (unpaired) electrons. The van der Waals surface area contributed by atoms with Gasteiger partial charge in [0.2, 0.25) is 5.91 Å². The molecular formula is C14H24BNO2. The Kier molecular flexibility index (Phi) is 5.30. The number of rotatable bonds is 5. The first kappa shape index (κ1) is 13.7. The normalized spacial score (nSPS) is 27.5. The third kappa shape index (κ3) is 3.61. The fraction of sp³-hybridized carbons (Fsp3) is 0.786. The summed E-state index contributed by atoms with van der Waals surface area (Å²) in [6.45, 7) is 1.56. The Hall–Kier alpha value is -0.765. The summed E-state index contributed by atoms with van der Waals surface area (Å²) in [5.74, 6) is 4.14. The molecule has 4 heteroatoms. The lowest BCUT2D eigenvalue weighted by molar-refractivity contribution is -0.124. The van der Waals surface area contributed by atoms with Gasteiger partial charge < -0.3 is 10.1 Å². The van der Waals surface area contributed by atoms with E-state index in [0.717, 1.165) is 18.3 Å². The van der Waals surface area contributed by atoms with Gasteiger partial charge in [-0.25, -0.2) is 0 Å². The number of hydrogen-bond donors (Lipinski definition) is 1. The Morgan fingerprint density at radius 1 is 1.28 bits per heavy atom. The van der Waals surface area contributed by atoms with Crippen molar-refractivity contribution in [3.63, 3.8) is 0 Å². The van der Waals surface area contributed by atoms with E-state index in [1.807, 2.05) is 0 Å². The van der Waals surface area contributed by atoms with Gasteiger partial charge in [0.15, 0.2) is 6.71 Å². The molecule has 0 aromatic rings. The van der Waals surface area contributed by atoms with E-state index >= 15 is 0 Å². The summed E-state index contributed by atoms with van der Waals surface area (Å²) >= 11 is 0. The number of carbonyl (C=O) groups excluding carboxylic acids is 1. The van der Waals surface area contributed by atoms with E-state index in [-0.39, 0.29) is 12.5 Å². The molecule has 2 aliphatic rings. The van der Waals surface area contributed by atoms with Gasteiger partial charge in [-0.05, 0) is 0 Å². The molecule has 0 aliphatic carbocycles. The van der Waals surface area contributed by atoms with E-state index in [9.17, 15) is 4.79 Å². The van der Waals surface area contributed by atoms with Crippen LogP contribution in [0.4, 0.5) is 0 Å². The second-order valence-electron chi connectivity index (χ2n) is 5.62. The molecule has 2 fully saturated rings. The molecule has 2 heterocycles. The number of ether oxygens (including phenoxy) is 1. The molecule has 1 N–H and O–H groups in total. The predicted octanol–water partition coefficient (Wildman–Crippen LogP) is 2.45. The number of methoxy groups -OCH3 is 1. The average Bonchev–Trinajstić information content (AvgIpc) is 2.34. The van der Waals surface area contributed by atoms with Crippen LogP contribution in [0, 0.1) is 0 Å². The minimum atomic E-state index is -0.0361. The summed E-state index contributed by atoms with van der Waals surface area (Å²) in [5, 5.41) is 2.84. The van der Waals surface area contributed by atoms with E-state index in [1.54, 1.807) is 7.11 Å². The summed E-state index contributed by atoms with van der Waals surface area (Å²) in [6.07, 6.45) is 10.6. The van der Waals surface area contributed by atoms with Crippen LogP contribution in [0.3, 0.4) is 0 Å². The first-order valence-corrected chi connectivity index (χ1v) is 7.23. The van der Waals surface area contributed by atoms with Gasteiger partial charge in [0, 0.05) is 13.7 Å². The van der Waals surface area contributed by atoms with Crippen LogP contribution in [0.5, 0.6) is 0 Å². The highest BCUT2D eigenvalue weighted by molar-refractivity contribution is 6.67. The van der Waals surface area contributed by atoms with Crippen LogP contribution in [-0.2, 0) is 9.53 Å². The highest BCUT2D eigenvalue weighted by Crippen LogP contribution is 2.46. The van der Waals surface area contributed by atoms with Crippen molar-refractivity contribution in [2.24, 2.45) is 0 Å². The number of amides is 1. The molecule has 0 unspecified atom stereocenters. The van der Waals surface area contributed by atoms with E-state index in [2.05, 4.69) is 17.4 Å². The van der Waals surface area contributed by atoms with Crippen molar-refractivity contribution in [1.29, 1.82) is 0 Å². The molecule has 18 heavy (non-hydrogen) atoms. The summed E-state index contributed by atoms with van der Waals surface area (Å²) in [4.78, 5) is 11.2. The van der Waals surface area contributed by atoms with Crippen LogP contribution < -0.4 is 5.32 Å². The number of nitrogens with one attached hydrogen (secondary N) is 1. The van der Waals surface area contributed by atoms with Crippen molar-refractivity contribution in [3.8, 4) is 0 Å². The largest absolute Gasteiger partial charge is 0.375 e. The number of hydrogen-bond acceptors (Lipinski definition) is 2. The molecule has 0 spiro atoms. The smallest absolute Gasteiger partial charge is 0.246 e.